The monoisotopic (exact) mass is 250 g/mol. The van der Waals surface area contributed by atoms with Gasteiger partial charge in [-0.25, -0.2) is 0 Å². The van der Waals surface area contributed by atoms with Crippen LogP contribution in [0.15, 0.2) is 12.2 Å². The van der Waals surface area contributed by atoms with Gasteiger partial charge in [0.15, 0.2) is 0 Å². The van der Waals surface area contributed by atoms with Crippen molar-refractivity contribution in [3.8, 4) is 0 Å². The van der Waals surface area contributed by atoms with Crippen LogP contribution in [0, 0.1) is 0 Å². The van der Waals surface area contributed by atoms with Gasteiger partial charge in [0.1, 0.15) is 0 Å². The van der Waals surface area contributed by atoms with Crippen LogP contribution in [0.2, 0.25) is 0 Å². The van der Waals surface area contributed by atoms with Crippen LogP contribution >= 0.6 is 17.1 Å². The molecule has 1 atom stereocenters. The van der Waals surface area contributed by atoms with Crippen molar-refractivity contribution in [3.63, 3.8) is 0 Å². The third kappa shape index (κ3) is 10.4. The van der Waals surface area contributed by atoms with E-state index in [1.807, 2.05) is 6.92 Å². The summed E-state index contributed by atoms with van der Waals surface area (Å²) in [5.74, 6) is 0.612. The fourth-order valence-corrected chi connectivity index (χ4v) is 3.62. The van der Waals surface area contributed by atoms with E-state index in [1.165, 1.54) is 0 Å². The first-order valence-corrected chi connectivity index (χ1v) is 7.45. The van der Waals surface area contributed by atoms with Crippen molar-refractivity contribution in [1.82, 2.24) is 0 Å². The van der Waals surface area contributed by atoms with Crippen molar-refractivity contribution in [2.75, 3.05) is 12.4 Å². The zero-order valence-corrected chi connectivity index (χ0v) is 13.4. The smallest absolute Gasteiger partial charge is 0.793 e. The Morgan fingerprint density at radius 1 is 1.75 bits per heavy atom. The SMILES string of the molecule is C=C(C)CSP([O-])(=S)OCC.[K+]. The number of hydrogen-bond donors (Lipinski definition) is 0. The van der Waals surface area contributed by atoms with Gasteiger partial charge in [0.2, 0.25) is 0 Å². The van der Waals surface area contributed by atoms with Crippen LogP contribution in [0.1, 0.15) is 13.8 Å². The molecule has 1 unspecified atom stereocenters. The molecule has 0 radical (unpaired) electrons. The number of rotatable bonds is 5. The molecule has 2 nitrogen and oxygen atoms in total. The van der Waals surface area contributed by atoms with E-state index in [0.717, 1.165) is 17.0 Å². The summed E-state index contributed by atoms with van der Waals surface area (Å²) in [5.41, 5.74) is -1.85. The maximum absolute atomic E-state index is 11.2. The van der Waals surface area contributed by atoms with Gasteiger partial charge in [-0.05, 0) is 13.8 Å². The van der Waals surface area contributed by atoms with Crippen molar-refractivity contribution in [2.24, 2.45) is 0 Å². The Labute approximate surface area is 126 Å². The molecule has 6 heteroatoms. The van der Waals surface area contributed by atoms with E-state index in [9.17, 15) is 4.89 Å². The van der Waals surface area contributed by atoms with E-state index in [-0.39, 0.29) is 51.4 Å². The first kappa shape index (κ1) is 16.7. The summed E-state index contributed by atoms with van der Waals surface area (Å²) in [5, 5.41) is 0. The summed E-state index contributed by atoms with van der Waals surface area (Å²) in [7, 11) is 0. The first-order valence-electron chi connectivity index (χ1n) is 3.22. The Morgan fingerprint density at radius 3 is 2.58 bits per heavy atom. The molecule has 66 valence electrons. The molecule has 0 heterocycles. The molecule has 0 aliphatic heterocycles. The van der Waals surface area contributed by atoms with Gasteiger partial charge in [-0.3, -0.25) is 0 Å². The molecule has 0 saturated carbocycles. The Balaban J connectivity index is 0. The quantitative estimate of drug-likeness (QED) is 0.353. The molecule has 0 spiro atoms. The van der Waals surface area contributed by atoms with Crippen LogP contribution in [0.3, 0.4) is 0 Å². The minimum atomic E-state index is -2.81. The van der Waals surface area contributed by atoms with Gasteiger partial charge in [-0.2, -0.15) is 0 Å². The summed E-state index contributed by atoms with van der Waals surface area (Å²) in [4.78, 5) is 11.2. The van der Waals surface area contributed by atoms with Gasteiger partial charge in [-0.1, -0.05) is 24.0 Å². The van der Waals surface area contributed by atoms with Crippen LogP contribution in [0.4, 0.5) is 0 Å². The molecule has 0 saturated heterocycles. The van der Waals surface area contributed by atoms with E-state index in [4.69, 9.17) is 16.3 Å². The zero-order valence-electron chi connectivity index (χ0n) is 7.70. The molecule has 0 aliphatic rings. The largest absolute Gasteiger partial charge is 1.00 e. The maximum Gasteiger partial charge on any atom is 1.00 e. The van der Waals surface area contributed by atoms with Gasteiger partial charge in [0.05, 0.1) is 0 Å². The normalized spacial score (nSPS) is 14.6. The third-order valence-corrected chi connectivity index (χ3v) is 5.19. The van der Waals surface area contributed by atoms with Crippen molar-refractivity contribution >= 4 is 28.9 Å². The van der Waals surface area contributed by atoms with E-state index in [2.05, 4.69) is 6.58 Å². The molecular weight excluding hydrogens is 238 g/mol. The topological polar surface area (TPSA) is 32.3 Å². The Morgan fingerprint density at radius 2 is 2.25 bits per heavy atom. The van der Waals surface area contributed by atoms with Gasteiger partial charge in [-0.15, -0.1) is 11.4 Å². The molecule has 0 aromatic carbocycles. The predicted octanol–water partition coefficient (Wildman–Crippen LogP) is -1.08. The summed E-state index contributed by atoms with van der Waals surface area (Å²) in [6, 6.07) is 0. The minimum absolute atomic E-state index is 0. The molecule has 0 bridgehead atoms. The van der Waals surface area contributed by atoms with Crippen molar-refractivity contribution in [1.29, 1.82) is 0 Å². The van der Waals surface area contributed by atoms with Crippen molar-refractivity contribution in [3.05, 3.63) is 12.2 Å². The first-order chi connectivity index (χ1) is 4.98. The Bertz CT molecular complexity index is 186. The third-order valence-electron chi connectivity index (χ3n) is 0.756. The van der Waals surface area contributed by atoms with Crippen LogP contribution < -0.4 is 56.3 Å². The second-order valence-electron chi connectivity index (χ2n) is 2.10. The van der Waals surface area contributed by atoms with Gasteiger partial charge >= 0.3 is 51.4 Å². The second-order valence-corrected chi connectivity index (χ2v) is 8.15. The van der Waals surface area contributed by atoms with Crippen LogP contribution in [0.25, 0.3) is 0 Å². The van der Waals surface area contributed by atoms with Crippen molar-refractivity contribution in [2.45, 2.75) is 13.8 Å². The zero-order chi connectivity index (χ0) is 8.91. The number of hydrogen-bond acceptors (Lipinski definition) is 4. The Kier molecular flexibility index (Phi) is 12.0. The second kappa shape index (κ2) is 8.59. The van der Waals surface area contributed by atoms with Crippen LogP contribution in [-0.4, -0.2) is 12.4 Å². The van der Waals surface area contributed by atoms with Crippen LogP contribution in [0.5, 0.6) is 0 Å². The van der Waals surface area contributed by atoms with Gasteiger partial charge < -0.3 is 9.42 Å². The summed E-state index contributed by atoms with van der Waals surface area (Å²) < 4.78 is 4.87. The van der Waals surface area contributed by atoms with E-state index < -0.39 is 5.69 Å². The molecule has 0 fully saturated rings. The summed E-state index contributed by atoms with van der Waals surface area (Å²) >= 11 is 5.88. The molecule has 0 aliphatic carbocycles. The maximum atomic E-state index is 11.2. The summed E-state index contributed by atoms with van der Waals surface area (Å²) in [6.07, 6.45) is 0. The fraction of sp³-hybridized carbons (Fsp3) is 0.667. The molecule has 12 heavy (non-hydrogen) atoms. The van der Waals surface area contributed by atoms with E-state index in [1.54, 1.807) is 6.92 Å². The standard InChI is InChI=1S/C6H13O2PS2.K/c1-4-8-9(7,10)11-5-6(2)3;/h2,4-5H2,1,3H3,(H,7,10);/q;+1/p-1. The van der Waals surface area contributed by atoms with E-state index >= 15 is 0 Å². The van der Waals surface area contributed by atoms with Crippen LogP contribution in [-0.2, 0) is 16.3 Å². The van der Waals surface area contributed by atoms with Crippen molar-refractivity contribution < 1.29 is 60.8 Å². The molecule has 0 aromatic heterocycles. The average molecular weight is 250 g/mol. The predicted molar refractivity (Wildman–Crippen MR) is 53.2 cm³/mol. The average Bonchev–Trinajstić information content (AvgIpc) is 1.84. The fourth-order valence-electron chi connectivity index (χ4n) is 0.385. The molecule has 0 N–H and O–H groups in total. The van der Waals surface area contributed by atoms with Gasteiger partial charge in [0, 0.05) is 18.1 Å². The molecule has 0 aromatic rings. The molecular formula is C6H12KO2PS2. The Hall–Kier alpha value is 2.30. The summed E-state index contributed by atoms with van der Waals surface area (Å²) in [6.45, 7) is 7.73. The van der Waals surface area contributed by atoms with Gasteiger partial charge in [0.25, 0.3) is 0 Å². The van der Waals surface area contributed by atoms with E-state index in [0.29, 0.717) is 12.4 Å². The minimum Gasteiger partial charge on any atom is -0.793 e. The molecule has 0 rings (SSSR count). The molecule has 0 amide bonds.